The van der Waals surface area contributed by atoms with Crippen molar-refractivity contribution in [1.82, 2.24) is 0 Å². The van der Waals surface area contributed by atoms with Gasteiger partial charge in [-0.25, -0.2) is 0 Å². The monoisotopic (exact) mass is 338 g/mol. The summed E-state index contributed by atoms with van der Waals surface area (Å²) in [6.45, 7) is 0. The zero-order valence-electron chi connectivity index (χ0n) is 11.1. The van der Waals surface area contributed by atoms with Gasteiger partial charge in [-0.15, -0.1) is 0 Å². The largest absolute Gasteiger partial charge is 0.290 e. The molecule has 2 aliphatic rings. The van der Waals surface area contributed by atoms with Crippen LogP contribution in [0, 0.1) is 0 Å². The summed E-state index contributed by atoms with van der Waals surface area (Å²) in [5, 5.41) is 2.38. The van der Waals surface area contributed by atoms with Crippen molar-refractivity contribution in [3.63, 3.8) is 0 Å². The molecular formula is C18H11BrO2. The van der Waals surface area contributed by atoms with Crippen LogP contribution >= 0.6 is 15.9 Å². The molecule has 2 aromatic carbocycles. The van der Waals surface area contributed by atoms with Gasteiger partial charge in [0.15, 0.2) is 11.6 Å². The van der Waals surface area contributed by atoms with Gasteiger partial charge in [0.05, 0.1) is 0 Å². The van der Waals surface area contributed by atoms with E-state index in [2.05, 4.69) is 34.1 Å². The summed E-state index contributed by atoms with van der Waals surface area (Å²) in [6.07, 6.45) is 5.00. The molecule has 0 radical (unpaired) electrons. The summed E-state index contributed by atoms with van der Waals surface area (Å²) in [4.78, 5) is 23.8. The lowest BCUT2D eigenvalue weighted by atomic mass is 9.86. The van der Waals surface area contributed by atoms with E-state index in [0.29, 0.717) is 5.57 Å². The number of carbonyl (C=O) groups is 2. The number of rotatable bonds is 1. The second-order valence-electron chi connectivity index (χ2n) is 5.43. The molecule has 0 aliphatic heterocycles. The van der Waals surface area contributed by atoms with Crippen molar-refractivity contribution in [3.05, 3.63) is 69.7 Å². The van der Waals surface area contributed by atoms with Gasteiger partial charge >= 0.3 is 0 Å². The molecule has 21 heavy (non-hydrogen) atoms. The second kappa shape index (κ2) is 4.50. The van der Waals surface area contributed by atoms with E-state index in [1.54, 1.807) is 0 Å². The fraction of sp³-hybridized carbons (Fsp3) is 0.111. The molecule has 0 saturated heterocycles. The molecule has 0 bridgehead atoms. The van der Waals surface area contributed by atoms with Gasteiger partial charge in [0, 0.05) is 16.0 Å². The topological polar surface area (TPSA) is 34.1 Å². The highest BCUT2D eigenvalue weighted by Crippen LogP contribution is 2.44. The fourth-order valence-electron chi connectivity index (χ4n) is 3.34. The molecule has 4 rings (SSSR count). The molecule has 1 atom stereocenters. The van der Waals surface area contributed by atoms with Crippen LogP contribution in [0.2, 0.25) is 0 Å². The minimum absolute atomic E-state index is 0.0144. The maximum absolute atomic E-state index is 12.1. The summed E-state index contributed by atoms with van der Waals surface area (Å²) >= 11 is 3.58. The Morgan fingerprint density at radius 2 is 1.90 bits per heavy atom. The van der Waals surface area contributed by atoms with Gasteiger partial charge in [-0.2, -0.15) is 0 Å². The van der Waals surface area contributed by atoms with Crippen LogP contribution in [0.4, 0.5) is 0 Å². The highest BCUT2D eigenvalue weighted by molar-refractivity contribution is 9.10. The van der Waals surface area contributed by atoms with E-state index in [4.69, 9.17) is 0 Å². The van der Waals surface area contributed by atoms with Gasteiger partial charge in [-0.1, -0.05) is 40.2 Å². The lowest BCUT2D eigenvalue weighted by molar-refractivity contribution is -0.114. The van der Waals surface area contributed by atoms with Crippen LogP contribution in [0.3, 0.4) is 0 Å². The highest BCUT2D eigenvalue weighted by Gasteiger charge is 2.31. The first-order valence-electron chi connectivity index (χ1n) is 6.83. The quantitative estimate of drug-likeness (QED) is 0.739. The smallest absolute Gasteiger partial charge is 0.182 e. The molecule has 0 amide bonds. The lowest BCUT2D eigenvalue weighted by Gasteiger charge is -2.15. The summed E-state index contributed by atoms with van der Waals surface area (Å²) in [5.41, 5.74) is 3.00. The predicted molar refractivity (Wildman–Crippen MR) is 85.3 cm³/mol. The van der Waals surface area contributed by atoms with E-state index in [1.807, 2.05) is 12.1 Å². The minimum Gasteiger partial charge on any atom is -0.290 e. The number of hydrogen-bond donors (Lipinski definition) is 0. The van der Waals surface area contributed by atoms with E-state index in [0.717, 1.165) is 16.5 Å². The maximum Gasteiger partial charge on any atom is 0.182 e. The Labute approximate surface area is 130 Å². The molecule has 0 saturated carbocycles. The summed E-state index contributed by atoms with van der Waals surface area (Å²) in [6, 6.07) is 10.3. The Morgan fingerprint density at radius 1 is 1.05 bits per heavy atom. The van der Waals surface area contributed by atoms with Crippen LogP contribution in [0.25, 0.3) is 10.8 Å². The zero-order chi connectivity index (χ0) is 14.6. The number of halogens is 1. The van der Waals surface area contributed by atoms with Crippen LogP contribution in [0.5, 0.6) is 0 Å². The minimum atomic E-state index is -0.103. The number of hydrogen-bond acceptors (Lipinski definition) is 2. The Morgan fingerprint density at radius 3 is 2.76 bits per heavy atom. The van der Waals surface area contributed by atoms with Crippen LogP contribution < -0.4 is 0 Å². The van der Waals surface area contributed by atoms with Gasteiger partial charge in [-0.05, 0) is 52.6 Å². The summed E-state index contributed by atoms with van der Waals surface area (Å²) in [5.74, 6) is -0.170. The van der Waals surface area contributed by atoms with Crippen molar-refractivity contribution in [3.8, 4) is 0 Å². The van der Waals surface area contributed by atoms with Crippen molar-refractivity contribution in [2.75, 3.05) is 0 Å². The van der Waals surface area contributed by atoms with Gasteiger partial charge in [0.25, 0.3) is 0 Å². The number of benzene rings is 2. The normalized spacial score (nSPS) is 20.2. The van der Waals surface area contributed by atoms with Crippen LogP contribution in [-0.4, -0.2) is 11.6 Å². The Hall–Kier alpha value is -2.00. The molecule has 0 fully saturated rings. The van der Waals surface area contributed by atoms with Crippen LogP contribution in [-0.2, 0) is 16.0 Å². The number of allylic oxidation sites excluding steroid dienone is 4. The molecule has 102 valence electrons. The molecule has 2 aliphatic carbocycles. The summed E-state index contributed by atoms with van der Waals surface area (Å²) in [7, 11) is 0. The third-order valence-electron chi connectivity index (χ3n) is 4.26. The van der Waals surface area contributed by atoms with Crippen LogP contribution in [0.1, 0.15) is 17.0 Å². The first kappa shape index (κ1) is 12.7. The average Bonchev–Trinajstić information content (AvgIpc) is 2.86. The van der Waals surface area contributed by atoms with E-state index >= 15 is 0 Å². The predicted octanol–water partition coefficient (Wildman–Crippen LogP) is 3.88. The van der Waals surface area contributed by atoms with Crippen molar-refractivity contribution in [2.45, 2.75) is 12.3 Å². The molecule has 1 unspecified atom stereocenters. The lowest BCUT2D eigenvalue weighted by Crippen LogP contribution is -2.14. The van der Waals surface area contributed by atoms with E-state index in [9.17, 15) is 9.59 Å². The molecule has 0 N–H and O–H groups in total. The highest BCUT2D eigenvalue weighted by atomic mass is 79.9. The zero-order valence-corrected chi connectivity index (χ0v) is 12.7. The van der Waals surface area contributed by atoms with Gasteiger partial charge in [-0.3, -0.25) is 9.59 Å². The first-order valence-corrected chi connectivity index (χ1v) is 7.62. The molecular weight excluding hydrogens is 328 g/mol. The number of ketones is 2. The van der Waals surface area contributed by atoms with Crippen molar-refractivity contribution in [1.29, 1.82) is 0 Å². The molecule has 3 heteroatoms. The van der Waals surface area contributed by atoms with E-state index < -0.39 is 0 Å². The van der Waals surface area contributed by atoms with Crippen LogP contribution in [0.15, 0.2) is 58.6 Å². The molecule has 0 spiro atoms. The Bertz CT molecular complexity index is 874. The Kier molecular flexibility index (Phi) is 2.73. The number of carbonyl (C=O) groups excluding carboxylic acids is 2. The van der Waals surface area contributed by atoms with E-state index in [1.165, 1.54) is 34.6 Å². The molecule has 2 aromatic rings. The summed E-state index contributed by atoms with van der Waals surface area (Å²) < 4.78 is 1.06. The van der Waals surface area contributed by atoms with Crippen molar-refractivity contribution < 1.29 is 9.59 Å². The molecule has 2 nitrogen and oxygen atoms in total. The van der Waals surface area contributed by atoms with Gasteiger partial charge in [0.1, 0.15) is 0 Å². The third-order valence-corrected chi connectivity index (χ3v) is 4.95. The van der Waals surface area contributed by atoms with Crippen molar-refractivity contribution in [2.24, 2.45) is 0 Å². The van der Waals surface area contributed by atoms with Gasteiger partial charge < -0.3 is 0 Å². The molecule has 0 heterocycles. The average molecular weight is 339 g/mol. The van der Waals surface area contributed by atoms with Crippen molar-refractivity contribution >= 4 is 38.3 Å². The molecule has 0 aromatic heterocycles. The second-order valence-corrected chi connectivity index (χ2v) is 6.29. The Balaban J connectivity index is 1.93. The SMILES string of the molecule is O=C1C=CC(=O)C(C2Cc3ccc(Br)c4cccc2c34)=C1. The van der Waals surface area contributed by atoms with E-state index in [-0.39, 0.29) is 17.5 Å². The third kappa shape index (κ3) is 1.84. The standard InChI is InChI=1S/C18H11BrO2/c19-16-6-4-10-8-14(12-2-1-3-13(16)18(10)12)15-9-11(20)5-7-17(15)21/h1-7,9,14H,8H2. The maximum atomic E-state index is 12.1. The fourth-order valence-corrected chi connectivity index (χ4v) is 3.80. The first-order chi connectivity index (χ1) is 10.1. The van der Waals surface area contributed by atoms with Gasteiger partial charge in [0.2, 0.25) is 0 Å².